The minimum absolute atomic E-state index is 0.0220. The average Bonchev–Trinajstić information content (AvgIpc) is 3.16. The first-order valence-corrected chi connectivity index (χ1v) is 9.92. The summed E-state index contributed by atoms with van der Waals surface area (Å²) in [6.07, 6.45) is 5.29. The molecule has 7 heteroatoms. The summed E-state index contributed by atoms with van der Waals surface area (Å²) in [4.78, 5) is 27.8. The van der Waals surface area contributed by atoms with Crippen molar-refractivity contribution in [1.82, 2.24) is 20.3 Å². The second kappa shape index (κ2) is 7.84. The minimum atomic E-state index is -0.0220. The van der Waals surface area contributed by atoms with Crippen LogP contribution in [0.2, 0.25) is 0 Å². The van der Waals surface area contributed by atoms with Crippen LogP contribution in [-0.2, 0) is 0 Å². The molecule has 1 aliphatic rings. The lowest BCUT2D eigenvalue weighted by Gasteiger charge is -2.32. The summed E-state index contributed by atoms with van der Waals surface area (Å²) in [5.41, 5.74) is 2.74. The van der Waals surface area contributed by atoms with E-state index in [1.165, 1.54) is 0 Å². The first-order valence-electron chi connectivity index (χ1n) is 9.04. The van der Waals surface area contributed by atoms with Crippen LogP contribution in [0, 0.1) is 6.92 Å². The van der Waals surface area contributed by atoms with Crippen LogP contribution in [0.3, 0.4) is 0 Å². The van der Waals surface area contributed by atoms with Gasteiger partial charge in [-0.3, -0.25) is 4.79 Å². The summed E-state index contributed by atoms with van der Waals surface area (Å²) in [7, 11) is 0. The zero-order chi connectivity index (χ0) is 18.6. The molecule has 0 saturated carbocycles. The Morgan fingerprint density at radius 1 is 1.15 bits per heavy atom. The smallest absolute Gasteiger partial charge is 0.251 e. The topological polar surface area (TPSA) is 71.0 Å². The molecule has 27 heavy (non-hydrogen) atoms. The third kappa shape index (κ3) is 4.14. The fraction of sp³-hybridized carbons (Fsp3) is 0.300. The van der Waals surface area contributed by atoms with Crippen molar-refractivity contribution in [2.75, 3.05) is 18.0 Å². The number of carbonyl (C=O) groups is 1. The summed E-state index contributed by atoms with van der Waals surface area (Å²) in [6.45, 7) is 3.67. The number of benzene rings is 1. The van der Waals surface area contributed by atoms with E-state index in [4.69, 9.17) is 0 Å². The number of hydrogen-bond donors (Lipinski definition) is 1. The Labute approximate surface area is 162 Å². The molecule has 0 unspecified atom stereocenters. The van der Waals surface area contributed by atoms with Crippen molar-refractivity contribution in [3.05, 3.63) is 59.4 Å². The van der Waals surface area contributed by atoms with Crippen LogP contribution in [0.25, 0.3) is 10.6 Å². The van der Waals surface area contributed by atoms with Gasteiger partial charge in [-0.05, 0) is 38.0 Å². The first-order chi connectivity index (χ1) is 13.2. The SMILES string of the molecule is Cc1csc(-c2ccc(C(=O)NC3CCN(c4ncccn4)CC3)cc2)n1. The highest BCUT2D eigenvalue weighted by Gasteiger charge is 2.22. The molecule has 0 atom stereocenters. The molecule has 1 aromatic carbocycles. The van der Waals surface area contributed by atoms with Crippen molar-refractivity contribution in [1.29, 1.82) is 0 Å². The average molecular weight is 379 g/mol. The second-order valence-corrected chi connectivity index (χ2v) is 7.51. The third-order valence-electron chi connectivity index (χ3n) is 4.68. The van der Waals surface area contributed by atoms with Gasteiger partial charge < -0.3 is 10.2 Å². The van der Waals surface area contributed by atoms with Crippen molar-refractivity contribution in [3.63, 3.8) is 0 Å². The highest BCUT2D eigenvalue weighted by Crippen LogP contribution is 2.24. The molecule has 2 aromatic heterocycles. The Kier molecular flexibility index (Phi) is 5.11. The molecule has 4 rings (SSSR count). The molecule has 3 heterocycles. The monoisotopic (exact) mass is 379 g/mol. The quantitative estimate of drug-likeness (QED) is 0.753. The molecule has 0 bridgehead atoms. The van der Waals surface area contributed by atoms with Gasteiger partial charge in [0.15, 0.2) is 0 Å². The van der Waals surface area contributed by atoms with Crippen LogP contribution in [0.4, 0.5) is 5.95 Å². The molecule has 1 N–H and O–H groups in total. The van der Waals surface area contributed by atoms with Crippen LogP contribution < -0.4 is 10.2 Å². The van der Waals surface area contributed by atoms with Crippen molar-refractivity contribution >= 4 is 23.2 Å². The molecular weight excluding hydrogens is 358 g/mol. The van der Waals surface area contributed by atoms with E-state index >= 15 is 0 Å². The van der Waals surface area contributed by atoms with Gasteiger partial charge in [0.2, 0.25) is 5.95 Å². The summed E-state index contributed by atoms with van der Waals surface area (Å²) < 4.78 is 0. The maximum absolute atomic E-state index is 12.6. The summed E-state index contributed by atoms with van der Waals surface area (Å²) in [5, 5.41) is 6.16. The lowest BCUT2D eigenvalue weighted by atomic mass is 10.0. The van der Waals surface area contributed by atoms with E-state index in [1.54, 1.807) is 23.7 Å². The number of amides is 1. The minimum Gasteiger partial charge on any atom is -0.349 e. The molecule has 1 fully saturated rings. The van der Waals surface area contributed by atoms with E-state index < -0.39 is 0 Å². The van der Waals surface area contributed by atoms with Crippen LogP contribution in [0.1, 0.15) is 28.9 Å². The molecular formula is C20H21N5OS. The lowest BCUT2D eigenvalue weighted by molar-refractivity contribution is 0.0931. The van der Waals surface area contributed by atoms with Gasteiger partial charge in [-0.15, -0.1) is 11.3 Å². The molecule has 0 aliphatic carbocycles. The predicted molar refractivity (Wildman–Crippen MR) is 107 cm³/mol. The molecule has 1 aliphatic heterocycles. The number of nitrogens with one attached hydrogen (secondary N) is 1. The summed E-state index contributed by atoms with van der Waals surface area (Å²) >= 11 is 1.62. The van der Waals surface area contributed by atoms with E-state index in [0.717, 1.165) is 48.1 Å². The fourth-order valence-electron chi connectivity index (χ4n) is 3.20. The van der Waals surface area contributed by atoms with E-state index in [9.17, 15) is 4.79 Å². The van der Waals surface area contributed by atoms with Gasteiger partial charge in [-0.25, -0.2) is 15.0 Å². The normalized spacial score (nSPS) is 14.9. The Morgan fingerprint density at radius 2 is 1.85 bits per heavy atom. The highest BCUT2D eigenvalue weighted by atomic mass is 32.1. The number of anilines is 1. The Balaban J connectivity index is 1.33. The first kappa shape index (κ1) is 17.6. The number of hydrogen-bond acceptors (Lipinski definition) is 6. The molecule has 6 nitrogen and oxygen atoms in total. The van der Waals surface area contributed by atoms with Crippen molar-refractivity contribution in [2.24, 2.45) is 0 Å². The number of aromatic nitrogens is 3. The molecule has 3 aromatic rings. The number of rotatable bonds is 4. The van der Waals surface area contributed by atoms with E-state index in [-0.39, 0.29) is 11.9 Å². The van der Waals surface area contributed by atoms with Crippen LogP contribution >= 0.6 is 11.3 Å². The Morgan fingerprint density at radius 3 is 2.48 bits per heavy atom. The molecule has 1 saturated heterocycles. The standard InChI is InChI=1S/C20H21N5OS/c1-14-13-27-19(23-14)16-5-3-15(4-6-16)18(26)24-17-7-11-25(12-8-17)20-21-9-2-10-22-20/h2-6,9-10,13,17H,7-8,11-12H2,1H3,(H,24,26). The van der Waals surface area contributed by atoms with Crippen molar-refractivity contribution in [2.45, 2.75) is 25.8 Å². The maximum Gasteiger partial charge on any atom is 0.251 e. The predicted octanol–water partition coefficient (Wildman–Crippen LogP) is 3.31. The Hall–Kier alpha value is -2.80. The van der Waals surface area contributed by atoms with E-state index in [2.05, 4.69) is 25.2 Å². The fourth-order valence-corrected chi connectivity index (χ4v) is 4.00. The molecule has 138 valence electrons. The zero-order valence-electron chi connectivity index (χ0n) is 15.1. The summed E-state index contributed by atoms with van der Waals surface area (Å²) in [5.74, 6) is 0.738. The number of aryl methyl sites for hydroxylation is 1. The third-order valence-corrected chi connectivity index (χ3v) is 5.69. The molecule has 1 amide bonds. The van der Waals surface area contributed by atoms with Crippen LogP contribution in [0.15, 0.2) is 48.1 Å². The van der Waals surface area contributed by atoms with Crippen molar-refractivity contribution in [3.8, 4) is 10.6 Å². The molecule has 0 spiro atoms. The van der Waals surface area contributed by atoms with Gasteiger partial charge in [0.05, 0.1) is 0 Å². The van der Waals surface area contributed by atoms with Gasteiger partial charge in [-0.1, -0.05) is 12.1 Å². The second-order valence-electron chi connectivity index (χ2n) is 6.65. The van der Waals surface area contributed by atoms with E-state index in [1.807, 2.05) is 42.6 Å². The van der Waals surface area contributed by atoms with Gasteiger partial charge in [-0.2, -0.15) is 0 Å². The largest absolute Gasteiger partial charge is 0.349 e. The molecule has 0 radical (unpaired) electrons. The zero-order valence-corrected chi connectivity index (χ0v) is 15.9. The van der Waals surface area contributed by atoms with Gasteiger partial charge >= 0.3 is 0 Å². The van der Waals surface area contributed by atoms with Crippen molar-refractivity contribution < 1.29 is 4.79 Å². The summed E-state index contributed by atoms with van der Waals surface area (Å²) in [6, 6.07) is 9.66. The van der Waals surface area contributed by atoms with Crippen LogP contribution in [-0.4, -0.2) is 40.0 Å². The maximum atomic E-state index is 12.6. The highest BCUT2D eigenvalue weighted by molar-refractivity contribution is 7.13. The van der Waals surface area contributed by atoms with Gasteiger partial charge in [0.25, 0.3) is 5.91 Å². The number of thiazole rings is 1. The number of piperidine rings is 1. The number of nitrogens with zero attached hydrogens (tertiary/aromatic N) is 4. The number of carbonyl (C=O) groups excluding carboxylic acids is 1. The Bertz CT molecular complexity index is 902. The van der Waals surface area contributed by atoms with Gasteiger partial charge in [0, 0.05) is 53.7 Å². The lowest BCUT2D eigenvalue weighted by Crippen LogP contribution is -2.45. The van der Waals surface area contributed by atoms with Crippen LogP contribution in [0.5, 0.6) is 0 Å². The van der Waals surface area contributed by atoms with Gasteiger partial charge in [0.1, 0.15) is 5.01 Å². The van der Waals surface area contributed by atoms with E-state index in [0.29, 0.717) is 5.56 Å².